The molecule has 0 amide bonds. The summed E-state index contributed by atoms with van der Waals surface area (Å²) in [5.74, 6) is 1.82. The standard InChI is InChI=1S/C14H22N2O/c1-11(2)15-9-13-5-6-14(10-16-13)17-8-7-12-3-4-12/h5-6,10-12,15H,3-4,7-9H2,1-2H3. The Hall–Kier alpha value is -1.09. The molecule has 1 aromatic heterocycles. The first-order chi connectivity index (χ1) is 8.24. The first-order valence-electron chi connectivity index (χ1n) is 6.55. The average molecular weight is 234 g/mol. The smallest absolute Gasteiger partial charge is 0.137 e. The van der Waals surface area contributed by atoms with Crippen molar-refractivity contribution in [2.24, 2.45) is 5.92 Å². The van der Waals surface area contributed by atoms with Gasteiger partial charge < -0.3 is 10.1 Å². The predicted octanol–water partition coefficient (Wildman–Crippen LogP) is 2.76. The molecule has 94 valence electrons. The molecule has 1 aliphatic rings. The van der Waals surface area contributed by atoms with E-state index in [2.05, 4.69) is 24.1 Å². The van der Waals surface area contributed by atoms with Crippen molar-refractivity contribution in [2.75, 3.05) is 6.61 Å². The van der Waals surface area contributed by atoms with Gasteiger partial charge in [0.25, 0.3) is 0 Å². The number of rotatable bonds is 7. The molecule has 0 aliphatic heterocycles. The zero-order chi connectivity index (χ0) is 12.1. The molecule has 0 bridgehead atoms. The van der Waals surface area contributed by atoms with E-state index >= 15 is 0 Å². The van der Waals surface area contributed by atoms with E-state index < -0.39 is 0 Å². The first-order valence-corrected chi connectivity index (χ1v) is 6.55. The van der Waals surface area contributed by atoms with Gasteiger partial charge in [-0.25, -0.2) is 0 Å². The highest BCUT2D eigenvalue weighted by atomic mass is 16.5. The molecule has 1 heterocycles. The van der Waals surface area contributed by atoms with E-state index in [1.165, 1.54) is 19.3 Å². The Balaban J connectivity index is 1.71. The van der Waals surface area contributed by atoms with Crippen LogP contribution in [0, 0.1) is 5.92 Å². The van der Waals surface area contributed by atoms with Gasteiger partial charge >= 0.3 is 0 Å². The van der Waals surface area contributed by atoms with Crippen LogP contribution in [-0.4, -0.2) is 17.6 Å². The highest BCUT2D eigenvalue weighted by molar-refractivity contribution is 5.19. The van der Waals surface area contributed by atoms with Crippen molar-refractivity contribution < 1.29 is 4.74 Å². The van der Waals surface area contributed by atoms with Gasteiger partial charge in [-0.2, -0.15) is 0 Å². The van der Waals surface area contributed by atoms with Crippen molar-refractivity contribution in [1.29, 1.82) is 0 Å². The maximum Gasteiger partial charge on any atom is 0.137 e. The van der Waals surface area contributed by atoms with Crippen molar-refractivity contribution in [2.45, 2.75) is 45.7 Å². The molecule has 2 rings (SSSR count). The second kappa shape index (κ2) is 6.01. The van der Waals surface area contributed by atoms with Gasteiger partial charge in [-0.15, -0.1) is 0 Å². The molecule has 1 aliphatic carbocycles. The Bertz CT molecular complexity index is 331. The molecule has 0 spiro atoms. The van der Waals surface area contributed by atoms with E-state index in [1.54, 1.807) is 0 Å². The van der Waals surface area contributed by atoms with Crippen LogP contribution >= 0.6 is 0 Å². The van der Waals surface area contributed by atoms with Gasteiger partial charge in [0.2, 0.25) is 0 Å². The van der Waals surface area contributed by atoms with Crippen LogP contribution in [0.3, 0.4) is 0 Å². The first kappa shape index (κ1) is 12.4. The van der Waals surface area contributed by atoms with Gasteiger partial charge in [0.1, 0.15) is 5.75 Å². The highest BCUT2D eigenvalue weighted by Gasteiger charge is 2.20. The summed E-state index contributed by atoms with van der Waals surface area (Å²) in [4.78, 5) is 4.38. The minimum Gasteiger partial charge on any atom is -0.492 e. The lowest BCUT2D eigenvalue weighted by Gasteiger charge is -2.08. The Morgan fingerprint density at radius 3 is 2.82 bits per heavy atom. The molecule has 0 aromatic carbocycles. The van der Waals surface area contributed by atoms with Gasteiger partial charge in [0.05, 0.1) is 18.5 Å². The lowest BCUT2D eigenvalue weighted by atomic mass is 10.3. The Kier molecular flexibility index (Phi) is 4.37. The monoisotopic (exact) mass is 234 g/mol. The molecule has 3 nitrogen and oxygen atoms in total. The molecule has 0 saturated heterocycles. The lowest BCUT2D eigenvalue weighted by molar-refractivity contribution is 0.301. The molecular formula is C14H22N2O. The number of pyridine rings is 1. The minimum atomic E-state index is 0.492. The van der Waals surface area contributed by atoms with Crippen LogP contribution < -0.4 is 10.1 Å². The molecule has 0 unspecified atom stereocenters. The van der Waals surface area contributed by atoms with E-state index in [1.807, 2.05) is 18.3 Å². The van der Waals surface area contributed by atoms with Gasteiger partial charge in [0.15, 0.2) is 0 Å². The number of nitrogens with one attached hydrogen (secondary N) is 1. The quantitative estimate of drug-likeness (QED) is 0.787. The molecule has 1 N–H and O–H groups in total. The second-order valence-electron chi connectivity index (χ2n) is 5.10. The van der Waals surface area contributed by atoms with Crippen molar-refractivity contribution in [1.82, 2.24) is 10.3 Å². The summed E-state index contributed by atoms with van der Waals surface area (Å²) in [5.41, 5.74) is 1.06. The van der Waals surface area contributed by atoms with Crippen LogP contribution in [0.25, 0.3) is 0 Å². The van der Waals surface area contributed by atoms with Gasteiger partial charge in [-0.3, -0.25) is 4.98 Å². The van der Waals surface area contributed by atoms with E-state index in [9.17, 15) is 0 Å². The maximum absolute atomic E-state index is 5.65. The van der Waals surface area contributed by atoms with Gasteiger partial charge in [-0.1, -0.05) is 26.7 Å². The SMILES string of the molecule is CC(C)NCc1ccc(OCCC2CC2)cn1. The predicted molar refractivity (Wildman–Crippen MR) is 69.0 cm³/mol. The van der Waals surface area contributed by atoms with E-state index in [4.69, 9.17) is 4.74 Å². The number of nitrogens with zero attached hydrogens (tertiary/aromatic N) is 1. The Morgan fingerprint density at radius 1 is 1.41 bits per heavy atom. The van der Waals surface area contributed by atoms with E-state index in [0.29, 0.717) is 6.04 Å². The Labute approximate surface area is 104 Å². The largest absolute Gasteiger partial charge is 0.492 e. The average Bonchev–Trinajstić information content (AvgIpc) is 3.12. The van der Waals surface area contributed by atoms with Crippen LogP contribution in [0.5, 0.6) is 5.75 Å². The van der Waals surface area contributed by atoms with Crippen molar-refractivity contribution >= 4 is 0 Å². The third-order valence-electron chi connectivity index (χ3n) is 2.98. The summed E-state index contributed by atoms with van der Waals surface area (Å²) in [6, 6.07) is 4.53. The van der Waals surface area contributed by atoms with E-state index in [-0.39, 0.29) is 0 Å². The fourth-order valence-electron chi connectivity index (χ4n) is 1.66. The summed E-state index contributed by atoms with van der Waals surface area (Å²) in [6.45, 7) is 5.92. The lowest BCUT2D eigenvalue weighted by Crippen LogP contribution is -2.22. The molecule has 3 heteroatoms. The summed E-state index contributed by atoms with van der Waals surface area (Å²) in [6.07, 6.45) is 5.80. The van der Waals surface area contributed by atoms with Crippen LogP contribution in [0.1, 0.15) is 38.8 Å². The summed E-state index contributed by atoms with van der Waals surface area (Å²) in [7, 11) is 0. The zero-order valence-corrected chi connectivity index (χ0v) is 10.8. The van der Waals surface area contributed by atoms with Crippen LogP contribution in [0.2, 0.25) is 0 Å². The molecule has 1 aromatic rings. The summed E-state index contributed by atoms with van der Waals surface area (Å²) in [5, 5.41) is 3.34. The topological polar surface area (TPSA) is 34.1 Å². The zero-order valence-electron chi connectivity index (χ0n) is 10.8. The van der Waals surface area contributed by atoms with Crippen LogP contribution in [-0.2, 0) is 6.54 Å². The number of hydrogen-bond acceptors (Lipinski definition) is 3. The van der Waals surface area contributed by atoms with Crippen LogP contribution in [0.4, 0.5) is 0 Å². The highest BCUT2D eigenvalue weighted by Crippen LogP contribution is 2.32. The van der Waals surface area contributed by atoms with Gasteiger partial charge in [-0.05, 0) is 24.5 Å². The summed E-state index contributed by atoms with van der Waals surface area (Å²) < 4.78 is 5.65. The number of ether oxygens (including phenoxy) is 1. The molecule has 1 saturated carbocycles. The maximum atomic E-state index is 5.65. The van der Waals surface area contributed by atoms with Crippen LogP contribution in [0.15, 0.2) is 18.3 Å². The van der Waals surface area contributed by atoms with Crippen molar-refractivity contribution in [3.63, 3.8) is 0 Å². The molecule has 17 heavy (non-hydrogen) atoms. The fourth-order valence-corrected chi connectivity index (χ4v) is 1.66. The fraction of sp³-hybridized carbons (Fsp3) is 0.643. The number of aromatic nitrogens is 1. The number of hydrogen-bond donors (Lipinski definition) is 1. The normalized spacial score (nSPS) is 15.2. The third-order valence-corrected chi connectivity index (χ3v) is 2.98. The molecule has 1 fully saturated rings. The molecule has 0 atom stereocenters. The molecular weight excluding hydrogens is 212 g/mol. The molecule has 0 radical (unpaired) electrons. The third kappa shape index (κ3) is 4.73. The van der Waals surface area contributed by atoms with Crippen molar-refractivity contribution in [3.05, 3.63) is 24.0 Å². The minimum absolute atomic E-state index is 0.492. The summed E-state index contributed by atoms with van der Waals surface area (Å²) >= 11 is 0. The Morgan fingerprint density at radius 2 is 2.24 bits per heavy atom. The van der Waals surface area contributed by atoms with Gasteiger partial charge in [0, 0.05) is 12.6 Å². The van der Waals surface area contributed by atoms with Crippen molar-refractivity contribution in [3.8, 4) is 5.75 Å². The van der Waals surface area contributed by atoms with E-state index in [0.717, 1.165) is 30.5 Å². The second-order valence-corrected chi connectivity index (χ2v) is 5.10.